The number of rotatable bonds is 5. The van der Waals surface area contributed by atoms with Gasteiger partial charge in [0.25, 0.3) is 5.91 Å². The number of hydrogen-bond donors (Lipinski definition) is 1. The third-order valence-electron chi connectivity index (χ3n) is 5.04. The quantitative estimate of drug-likeness (QED) is 0.758. The van der Waals surface area contributed by atoms with Crippen LogP contribution < -0.4 is 5.32 Å². The lowest BCUT2D eigenvalue weighted by atomic mass is 10.1. The number of hydrogen-bond acceptors (Lipinski definition) is 5. The van der Waals surface area contributed by atoms with Gasteiger partial charge in [0.15, 0.2) is 5.65 Å². The molecule has 7 heteroatoms. The largest absolute Gasteiger partial charge is 0.352 e. The van der Waals surface area contributed by atoms with Crippen molar-refractivity contribution in [2.24, 2.45) is 5.92 Å². The molecule has 0 radical (unpaired) electrons. The first-order chi connectivity index (χ1) is 12.7. The third-order valence-corrected chi connectivity index (χ3v) is 5.04. The molecule has 1 N–H and O–H groups in total. The second kappa shape index (κ2) is 7.21. The SMILES string of the molecule is Cc1ccccc1CN1CCC(CNC(=O)c2ccn3nnnc3c2)C1. The summed E-state index contributed by atoms with van der Waals surface area (Å²) in [4.78, 5) is 14.8. The summed E-state index contributed by atoms with van der Waals surface area (Å²) in [6.07, 6.45) is 2.81. The number of nitrogens with zero attached hydrogens (tertiary/aromatic N) is 5. The minimum Gasteiger partial charge on any atom is -0.352 e. The summed E-state index contributed by atoms with van der Waals surface area (Å²) in [5, 5.41) is 14.3. The average Bonchev–Trinajstić information content (AvgIpc) is 3.30. The van der Waals surface area contributed by atoms with Gasteiger partial charge in [-0.15, -0.1) is 5.10 Å². The number of aromatic nitrogens is 4. The Labute approximate surface area is 152 Å². The number of aryl methyl sites for hydroxylation is 1. The van der Waals surface area contributed by atoms with Crippen molar-refractivity contribution in [1.29, 1.82) is 0 Å². The Kier molecular flexibility index (Phi) is 4.62. The number of nitrogens with one attached hydrogen (secondary N) is 1. The van der Waals surface area contributed by atoms with Crippen molar-refractivity contribution in [3.05, 3.63) is 59.3 Å². The maximum atomic E-state index is 12.4. The van der Waals surface area contributed by atoms with Crippen LogP contribution in [0.5, 0.6) is 0 Å². The Bertz CT molecular complexity index is 921. The molecule has 1 aliphatic rings. The molecule has 0 saturated carbocycles. The fourth-order valence-electron chi connectivity index (χ4n) is 3.47. The molecule has 0 aliphatic carbocycles. The van der Waals surface area contributed by atoms with E-state index in [-0.39, 0.29) is 5.91 Å². The van der Waals surface area contributed by atoms with Crippen molar-refractivity contribution < 1.29 is 4.79 Å². The van der Waals surface area contributed by atoms with Crippen molar-refractivity contribution in [1.82, 2.24) is 30.3 Å². The van der Waals surface area contributed by atoms with E-state index in [1.807, 2.05) is 0 Å². The fraction of sp³-hybridized carbons (Fsp3) is 0.368. The Morgan fingerprint density at radius 1 is 1.31 bits per heavy atom. The number of carbonyl (C=O) groups excluding carboxylic acids is 1. The van der Waals surface area contributed by atoms with Gasteiger partial charge in [-0.1, -0.05) is 24.3 Å². The minimum absolute atomic E-state index is 0.0761. The van der Waals surface area contributed by atoms with Crippen LogP contribution in [0.4, 0.5) is 0 Å². The summed E-state index contributed by atoms with van der Waals surface area (Å²) in [6, 6.07) is 12.0. The van der Waals surface area contributed by atoms with E-state index in [1.165, 1.54) is 15.6 Å². The molecule has 1 atom stereocenters. The monoisotopic (exact) mass is 350 g/mol. The second-order valence-electron chi connectivity index (χ2n) is 6.92. The molecule has 0 spiro atoms. The molecular weight excluding hydrogens is 328 g/mol. The van der Waals surface area contributed by atoms with Gasteiger partial charge in [0.1, 0.15) is 0 Å². The smallest absolute Gasteiger partial charge is 0.251 e. The lowest BCUT2D eigenvalue weighted by Crippen LogP contribution is -2.31. The van der Waals surface area contributed by atoms with Gasteiger partial charge in [0.05, 0.1) is 0 Å². The zero-order chi connectivity index (χ0) is 17.9. The predicted octanol–water partition coefficient (Wildman–Crippen LogP) is 1.68. The van der Waals surface area contributed by atoms with Gasteiger partial charge in [0, 0.05) is 31.4 Å². The highest BCUT2D eigenvalue weighted by atomic mass is 16.1. The molecule has 3 heterocycles. The molecule has 1 amide bonds. The van der Waals surface area contributed by atoms with Crippen LogP contribution in [-0.2, 0) is 6.54 Å². The van der Waals surface area contributed by atoms with Gasteiger partial charge >= 0.3 is 0 Å². The molecule has 1 saturated heterocycles. The average molecular weight is 350 g/mol. The second-order valence-corrected chi connectivity index (χ2v) is 6.92. The van der Waals surface area contributed by atoms with E-state index < -0.39 is 0 Å². The van der Waals surface area contributed by atoms with Gasteiger partial charge in [-0.25, -0.2) is 4.52 Å². The van der Waals surface area contributed by atoms with Gasteiger partial charge in [-0.05, 0) is 59.5 Å². The van der Waals surface area contributed by atoms with Crippen LogP contribution in [0.2, 0.25) is 0 Å². The number of pyridine rings is 1. The standard InChI is InChI=1S/C19H22N6O/c1-14-4-2-3-5-17(14)13-24-8-6-15(12-24)11-20-19(26)16-7-9-25-18(10-16)21-22-23-25/h2-5,7,9-10,15H,6,8,11-13H2,1H3,(H,20,26). The number of fused-ring (bicyclic) bond motifs is 1. The van der Waals surface area contributed by atoms with E-state index in [0.29, 0.717) is 23.7 Å². The molecule has 3 aromatic rings. The van der Waals surface area contributed by atoms with Crippen LogP contribution in [0.15, 0.2) is 42.6 Å². The van der Waals surface area contributed by atoms with E-state index in [4.69, 9.17) is 0 Å². The third kappa shape index (κ3) is 3.57. The summed E-state index contributed by atoms with van der Waals surface area (Å²) in [7, 11) is 0. The first-order valence-corrected chi connectivity index (χ1v) is 8.92. The lowest BCUT2D eigenvalue weighted by Gasteiger charge is -2.17. The van der Waals surface area contributed by atoms with Gasteiger partial charge in [0.2, 0.25) is 0 Å². The predicted molar refractivity (Wildman–Crippen MR) is 97.7 cm³/mol. The molecule has 2 aromatic heterocycles. The van der Waals surface area contributed by atoms with Crippen molar-refractivity contribution in [3.63, 3.8) is 0 Å². The Hall–Kier alpha value is -2.80. The van der Waals surface area contributed by atoms with Gasteiger partial charge in [-0.2, -0.15) is 0 Å². The number of likely N-dealkylation sites (tertiary alicyclic amines) is 1. The summed E-state index contributed by atoms with van der Waals surface area (Å²) in [5.74, 6) is 0.411. The van der Waals surface area contributed by atoms with Crippen molar-refractivity contribution in [2.45, 2.75) is 19.9 Å². The molecule has 0 bridgehead atoms. The number of benzene rings is 1. The molecular formula is C19H22N6O. The van der Waals surface area contributed by atoms with Crippen LogP contribution in [0, 0.1) is 12.8 Å². The Balaban J connectivity index is 1.30. The first kappa shape index (κ1) is 16.7. The van der Waals surface area contributed by atoms with E-state index in [0.717, 1.165) is 26.1 Å². The molecule has 1 aliphatic heterocycles. The molecule has 1 unspecified atom stereocenters. The van der Waals surface area contributed by atoms with E-state index in [9.17, 15) is 4.79 Å². The highest BCUT2D eigenvalue weighted by Crippen LogP contribution is 2.19. The summed E-state index contributed by atoms with van der Waals surface area (Å²) >= 11 is 0. The van der Waals surface area contributed by atoms with E-state index in [1.54, 1.807) is 18.3 Å². The molecule has 4 rings (SSSR count). The molecule has 1 aromatic carbocycles. The topological polar surface area (TPSA) is 75.4 Å². The number of tetrazole rings is 1. The number of amides is 1. The normalized spacial score (nSPS) is 17.7. The van der Waals surface area contributed by atoms with E-state index in [2.05, 4.69) is 56.9 Å². The minimum atomic E-state index is -0.0761. The van der Waals surface area contributed by atoms with Crippen molar-refractivity contribution in [3.8, 4) is 0 Å². The fourth-order valence-corrected chi connectivity index (χ4v) is 3.47. The van der Waals surface area contributed by atoms with E-state index >= 15 is 0 Å². The molecule has 26 heavy (non-hydrogen) atoms. The van der Waals surface area contributed by atoms with Crippen LogP contribution in [-0.4, -0.2) is 50.5 Å². The summed E-state index contributed by atoms with van der Waals surface area (Å²) in [5.41, 5.74) is 3.88. The first-order valence-electron chi connectivity index (χ1n) is 8.92. The Morgan fingerprint density at radius 3 is 3.08 bits per heavy atom. The van der Waals surface area contributed by atoms with Crippen LogP contribution >= 0.6 is 0 Å². The van der Waals surface area contributed by atoms with Crippen molar-refractivity contribution >= 4 is 11.6 Å². The van der Waals surface area contributed by atoms with Crippen LogP contribution in [0.25, 0.3) is 5.65 Å². The van der Waals surface area contributed by atoms with Gasteiger partial charge < -0.3 is 5.32 Å². The van der Waals surface area contributed by atoms with Crippen molar-refractivity contribution in [2.75, 3.05) is 19.6 Å². The molecule has 134 valence electrons. The highest BCUT2D eigenvalue weighted by Gasteiger charge is 2.23. The van der Waals surface area contributed by atoms with Crippen LogP contribution in [0.1, 0.15) is 27.9 Å². The molecule has 1 fully saturated rings. The maximum absolute atomic E-state index is 12.4. The van der Waals surface area contributed by atoms with Gasteiger partial charge in [-0.3, -0.25) is 9.69 Å². The summed E-state index contributed by atoms with van der Waals surface area (Å²) < 4.78 is 1.54. The maximum Gasteiger partial charge on any atom is 0.251 e. The lowest BCUT2D eigenvalue weighted by molar-refractivity contribution is 0.0947. The number of carbonyl (C=O) groups is 1. The molecule has 7 nitrogen and oxygen atoms in total. The zero-order valence-corrected chi connectivity index (χ0v) is 14.8. The van der Waals surface area contributed by atoms with Crippen LogP contribution in [0.3, 0.4) is 0 Å². The summed E-state index contributed by atoms with van der Waals surface area (Å²) in [6.45, 7) is 5.92. The Morgan fingerprint density at radius 2 is 2.19 bits per heavy atom. The highest BCUT2D eigenvalue weighted by molar-refractivity contribution is 5.94. The zero-order valence-electron chi connectivity index (χ0n) is 14.8.